The normalized spacial score (nSPS) is 28.8. The number of nitrogens with one attached hydrogen (secondary N) is 2. The molecule has 1 aliphatic rings. The second-order valence-corrected chi connectivity index (χ2v) is 3.34. The molecule has 5 nitrogen and oxygen atoms in total. The quantitative estimate of drug-likeness (QED) is 0.551. The Morgan fingerprint density at radius 3 is 2.92 bits per heavy atom. The lowest BCUT2D eigenvalue weighted by molar-refractivity contribution is -0.123. The molecule has 0 aliphatic carbocycles. The van der Waals surface area contributed by atoms with Gasteiger partial charge in [-0.25, -0.2) is 4.79 Å². The molecule has 1 saturated heterocycles. The van der Waals surface area contributed by atoms with Crippen molar-refractivity contribution in [2.24, 2.45) is 0 Å². The molecule has 1 fully saturated rings. The molecule has 0 bridgehead atoms. The minimum Gasteiger partial charge on any atom is -0.465 e. The van der Waals surface area contributed by atoms with Crippen LogP contribution >= 0.6 is 0 Å². The largest absolute Gasteiger partial charge is 0.465 e. The van der Waals surface area contributed by atoms with Gasteiger partial charge in [0.15, 0.2) is 0 Å². The van der Waals surface area contributed by atoms with Crippen molar-refractivity contribution < 1.29 is 14.7 Å². The van der Waals surface area contributed by atoms with Crippen molar-refractivity contribution in [3.8, 4) is 0 Å². The third-order valence-corrected chi connectivity index (χ3v) is 2.13. The Morgan fingerprint density at radius 2 is 2.31 bits per heavy atom. The molecule has 13 heavy (non-hydrogen) atoms. The third kappa shape index (κ3) is 2.93. The summed E-state index contributed by atoms with van der Waals surface area (Å²) in [5.74, 6) is -0.215. The van der Waals surface area contributed by atoms with Gasteiger partial charge >= 0.3 is 6.09 Å². The number of amides is 2. The molecule has 5 heteroatoms. The van der Waals surface area contributed by atoms with Crippen molar-refractivity contribution in [1.29, 1.82) is 0 Å². The molecule has 3 N–H and O–H groups in total. The molecule has 1 heterocycles. The van der Waals surface area contributed by atoms with E-state index in [0.29, 0.717) is 6.42 Å². The molecule has 1 rings (SSSR count). The third-order valence-electron chi connectivity index (χ3n) is 2.13. The number of carboxylic acid groups (broad SMARTS) is 1. The summed E-state index contributed by atoms with van der Waals surface area (Å²) in [5, 5.41) is 13.4. The molecule has 0 radical (unpaired) electrons. The molecule has 0 aromatic heterocycles. The minimum atomic E-state index is -1.14. The van der Waals surface area contributed by atoms with Crippen molar-refractivity contribution in [1.82, 2.24) is 10.6 Å². The van der Waals surface area contributed by atoms with Crippen LogP contribution in [0, 0.1) is 0 Å². The molecule has 0 unspecified atom stereocenters. The lowest BCUT2D eigenvalue weighted by atomic mass is 10.1. The maximum Gasteiger partial charge on any atom is 0.405 e. The highest BCUT2D eigenvalue weighted by Gasteiger charge is 2.24. The average Bonchev–Trinajstić information content (AvgIpc) is 2.13. The number of hydrogen-bond acceptors (Lipinski definition) is 2. The summed E-state index contributed by atoms with van der Waals surface area (Å²) in [6, 6.07) is -0.435. The van der Waals surface area contributed by atoms with Gasteiger partial charge in [0.1, 0.15) is 6.04 Å². The topological polar surface area (TPSA) is 78.4 Å². The summed E-state index contributed by atoms with van der Waals surface area (Å²) in [4.78, 5) is 21.6. The van der Waals surface area contributed by atoms with Gasteiger partial charge < -0.3 is 15.7 Å². The predicted molar refractivity (Wildman–Crippen MR) is 46.4 cm³/mol. The van der Waals surface area contributed by atoms with E-state index < -0.39 is 12.1 Å². The first-order valence-corrected chi connectivity index (χ1v) is 4.39. The Morgan fingerprint density at radius 1 is 1.62 bits per heavy atom. The summed E-state index contributed by atoms with van der Waals surface area (Å²) in [6.07, 6.45) is 1.21. The first-order valence-electron chi connectivity index (χ1n) is 4.39. The van der Waals surface area contributed by atoms with Gasteiger partial charge in [-0.2, -0.15) is 0 Å². The maximum atomic E-state index is 11.3. The number of carbonyl (C=O) groups excluding carboxylic acids is 1. The van der Waals surface area contributed by atoms with Crippen LogP contribution in [0.1, 0.15) is 26.2 Å². The van der Waals surface area contributed by atoms with Crippen LogP contribution in [-0.2, 0) is 4.79 Å². The maximum absolute atomic E-state index is 11.3. The predicted octanol–water partition coefficient (Wildman–Crippen LogP) is 0.311. The average molecular weight is 186 g/mol. The van der Waals surface area contributed by atoms with E-state index >= 15 is 0 Å². The van der Waals surface area contributed by atoms with Gasteiger partial charge in [-0.1, -0.05) is 0 Å². The van der Waals surface area contributed by atoms with Gasteiger partial charge in [0.05, 0.1) is 0 Å². The fourth-order valence-electron chi connectivity index (χ4n) is 1.46. The Hall–Kier alpha value is -1.26. The van der Waals surface area contributed by atoms with Crippen molar-refractivity contribution in [2.75, 3.05) is 0 Å². The molecule has 2 amide bonds. The van der Waals surface area contributed by atoms with Gasteiger partial charge in [-0.05, 0) is 26.2 Å². The Balaban J connectivity index is 2.53. The molecule has 0 saturated carbocycles. The van der Waals surface area contributed by atoms with Crippen molar-refractivity contribution in [3.05, 3.63) is 0 Å². The molecular formula is C8H14N2O3. The summed E-state index contributed by atoms with van der Waals surface area (Å²) in [7, 11) is 0. The fraction of sp³-hybridized carbons (Fsp3) is 0.750. The van der Waals surface area contributed by atoms with E-state index in [0.717, 1.165) is 12.8 Å². The molecule has 0 aromatic rings. The highest BCUT2D eigenvalue weighted by molar-refractivity contribution is 5.85. The van der Waals surface area contributed by atoms with Gasteiger partial charge in [0.2, 0.25) is 5.91 Å². The van der Waals surface area contributed by atoms with Crippen LogP contribution < -0.4 is 10.6 Å². The summed E-state index contributed by atoms with van der Waals surface area (Å²) in [5.41, 5.74) is 0. The van der Waals surface area contributed by atoms with Crippen molar-refractivity contribution in [3.63, 3.8) is 0 Å². The van der Waals surface area contributed by atoms with Crippen LogP contribution in [0.2, 0.25) is 0 Å². The first-order chi connectivity index (χ1) is 6.09. The van der Waals surface area contributed by atoms with E-state index in [-0.39, 0.29) is 11.9 Å². The van der Waals surface area contributed by atoms with E-state index in [1.165, 1.54) is 0 Å². The number of hydrogen-bond donors (Lipinski definition) is 3. The second kappa shape index (κ2) is 4.11. The Kier molecular flexibility index (Phi) is 3.11. The van der Waals surface area contributed by atoms with E-state index in [9.17, 15) is 9.59 Å². The summed E-state index contributed by atoms with van der Waals surface area (Å²) >= 11 is 0. The molecule has 0 spiro atoms. The van der Waals surface area contributed by atoms with Crippen molar-refractivity contribution >= 4 is 12.0 Å². The Bertz CT molecular complexity index is 217. The van der Waals surface area contributed by atoms with Gasteiger partial charge in [0.25, 0.3) is 0 Å². The Labute approximate surface area is 76.5 Å². The lowest BCUT2D eigenvalue weighted by Crippen LogP contribution is -2.46. The van der Waals surface area contributed by atoms with E-state index in [1.807, 2.05) is 6.92 Å². The standard InChI is InChI=1S/C8H14N2O3/c1-5-3-2-4-6(7(11)9-5)10-8(12)13/h5-6,10H,2-4H2,1H3,(H,9,11)(H,12,13)/t5-,6+/m1/s1. The van der Waals surface area contributed by atoms with Crippen LogP contribution in [0.15, 0.2) is 0 Å². The van der Waals surface area contributed by atoms with Gasteiger partial charge in [-0.15, -0.1) is 0 Å². The van der Waals surface area contributed by atoms with Crippen LogP contribution in [0.25, 0.3) is 0 Å². The summed E-state index contributed by atoms with van der Waals surface area (Å²) in [6.45, 7) is 1.92. The SMILES string of the molecule is C[C@@H]1CCC[C@H](NC(=O)O)C(=O)N1. The van der Waals surface area contributed by atoms with Crippen LogP contribution in [0.3, 0.4) is 0 Å². The monoisotopic (exact) mass is 186 g/mol. The highest BCUT2D eigenvalue weighted by Crippen LogP contribution is 2.09. The second-order valence-electron chi connectivity index (χ2n) is 3.34. The highest BCUT2D eigenvalue weighted by atomic mass is 16.4. The fourth-order valence-corrected chi connectivity index (χ4v) is 1.46. The van der Waals surface area contributed by atoms with Gasteiger partial charge in [0, 0.05) is 6.04 Å². The van der Waals surface area contributed by atoms with Crippen LogP contribution in [0.4, 0.5) is 4.79 Å². The summed E-state index contributed by atoms with van der Waals surface area (Å²) < 4.78 is 0. The zero-order valence-corrected chi connectivity index (χ0v) is 7.54. The molecular weight excluding hydrogens is 172 g/mol. The first kappa shape index (κ1) is 9.83. The zero-order chi connectivity index (χ0) is 9.84. The van der Waals surface area contributed by atoms with Gasteiger partial charge in [-0.3, -0.25) is 4.79 Å². The molecule has 0 aromatic carbocycles. The molecule has 1 aliphatic heterocycles. The van der Waals surface area contributed by atoms with Crippen LogP contribution in [0.5, 0.6) is 0 Å². The van der Waals surface area contributed by atoms with Crippen LogP contribution in [-0.4, -0.2) is 29.2 Å². The lowest BCUT2D eigenvalue weighted by Gasteiger charge is -2.13. The zero-order valence-electron chi connectivity index (χ0n) is 7.54. The van der Waals surface area contributed by atoms with E-state index in [1.54, 1.807) is 0 Å². The van der Waals surface area contributed by atoms with E-state index in [2.05, 4.69) is 10.6 Å². The smallest absolute Gasteiger partial charge is 0.405 e. The minimum absolute atomic E-state index is 0.146. The molecule has 2 atom stereocenters. The number of rotatable bonds is 1. The van der Waals surface area contributed by atoms with Crippen molar-refractivity contribution in [2.45, 2.75) is 38.3 Å². The number of carbonyl (C=O) groups is 2. The van der Waals surface area contributed by atoms with E-state index in [4.69, 9.17) is 5.11 Å². The molecule has 74 valence electrons.